The predicted octanol–water partition coefficient (Wildman–Crippen LogP) is 3.82. The predicted molar refractivity (Wildman–Crippen MR) is 74.9 cm³/mol. The summed E-state index contributed by atoms with van der Waals surface area (Å²) in [4.78, 5) is 14.4. The van der Waals surface area contributed by atoms with Crippen LogP contribution in [0.5, 0.6) is 0 Å². The van der Waals surface area contributed by atoms with Crippen LogP contribution in [0.1, 0.15) is 44.1 Å². The highest BCUT2D eigenvalue weighted by atomic mass is 16.1. The molecule has 0 bridgehead atoms. The molecule has 2 nitrogen and oxygen atoms in total. The van der Waals surface area contributed by atoms with E-state index in [1.807, 2.05) is 12.1 Å². The van der Waals surface area contributed by atoms with Crippen LogP contribution in [0.25, 0.3) is 10.8 Å². The van der Waals surface area contributed by atoms with Gasteiger partial charge < -0.3 is 4.98 Å². The topological polar surface area (TPSA) is 32.9 Å². The number of aromatic amines is 1. The molecule has 1 aliphatic rings. The summed E-state index contributed by atoms with van der Waals surface area (Å²) < 4.78 is 0. The normalized spacial score (nSPS) is 18.3. The van der Waals surface area contributed by atoms with Gasteiger partial charge in [-0.1, -0.05) is 31.9 Å². The summed E-state index contributed by atoms with van der Waals surface area (Å²) in [5, 5.41) is 1.85. The minimum Gasteiger partial charge on any atom is -0.329 e. The van der Waals surface area contributed by atoms with Crippen molar-refractivity contribution in [3.63, 3.8) is 0 Å². The lowest BCUT2D eigenvalue weighted by Gasteiger charge is -2.19. The lowest BCUT2D eigenvalue weighted by atomic mass is 9.86. The molecule has 94 valence electrons. The zero-order valence-electron chi connectivity index (χ0n) is 10.8. The molecule has 0 saturated heterocycles. The van der Waals surface area contributed by atoms with Crippen LogP contribution in [-0.4, -0.2) is 4.98 Å². The van der Waals surface area contributed by atoms with Crippen LogP contribution in [0.15, 0.2) is 35.3 Å². The number of hydrogen-bond acceptors (Lipinski definition) is 1. The molecule has 1 aliphatic carbocycles. The van der Waals surface area contributed by atoms with Crippen molar-refractivity contribution in [1.82, 2.24) is 4.98 Å². The molecule has 18 heavy (non-hydrogen) atoms. The number of nitrogens with one attached hydrogen (secondary N) is 1. The van der Waals surface area contributed by atoms with Gasteiger partial charge in [0.2, 0.25) is 0 Å². The summed E-state index contributed by atoms with van der Waals surface area (Å²) in [5.74, 6) is 1.43. The molecule has 0 aliphatic heterocycles. The van der Waals surface area contributed by atoms with Crippen molar-refractivity contribution in [2.24, 2.45) is 5.92 Å². The molecule has 0 amide bonds. The van der Waals surface area contributed by atoms with Crippen LogP contribution in [0.4, 0.5) is 0 Å². The van der Waals surface area contributed by atoms with E-state index in [4.69, 9.17) is 0 Å². The van der Waals surface area contributed by atoms with Gasteiger partial charge in [0, 0.05) is 11.6 Å². The third kappa shape index (κ3) is 1.96. The van der Waals surface area contributed by atoms with Gasteiger partial charge in [-0.3, -0.25) is 4.79 Å². The van der Waals surface area contributed by atoms with Crippen LogP contribution in [0.2, 0.25) is 0 Å². The minimum atomic E-state index is 0.00701. The number of fused-ring (bicyclic) bond motifs is 1. The quantitative estimate of drug-likeness (QED) is 0.851. The Morgan fingerprint density at radius 1 is 1.22 bits per heavy atom. The van der Waals surface area contributed by atoms with Crippen LogP contribution < -0.4 is 5.56 Å². The molecule has 1 fully saturated rings. The molecule has 2 aromatic rings. The van der Waals surface area contributed by atoms with Gasteiger partial charge in [-0.05, 0) is 47.8 Å². The Labute approximate surface area is 107 Å². The fraction of sp³-hybridized carbons (Fsp3) is 0.438. The van der Waals surface area contributed by atoms with E-state index in [-0.39, 0.29) is 5.56 Å². The maximum absolute atomic E-state index is 11.7. The third-order valence-corrected chi connectivity index (χ3v) is 4.43. The molecule has 1 unspecified atom stereocenters. The molecule has 1 heterocycles. The van der Waals surface area contributed by atoms with Gasteiger partial charge in [0.25, 0.3) is 5.56 Å². The highest BCUT2D eigenvalue weighted by Gasteiger charge is 2.22. The fourth-order valence-corrected chi connectivity index (χ4v) is 3.22. The van der Waals surface area contributed by atoms with Gasteiger partial charge in [-0.2, -0.15) is 0 Å². The molecule has 2 heteroatoms. The second-order valence-electron chi connectivity index (χ2n) is 5.49. The van der Waals surface area contributed by atoms with Gasteiger partial charge in [0.1, 0.15) is 0 Å². The summed E-state index contributed by atoms with van der Waals surface area (Å²) in [7, 11) is 0. The van der Waals surface area contributed by atoms with E-state index in [2.05, 4.69) is 24.0 Å². The SMILES string of the molecule is CC(c1ccc2c(=O)[nH]ccc2c1)C1CCCC1. The summed E-state index contributed by atoms with van der Waals surface area (Å²) in [6, 6.07) is 8.27. The Morgan fingerprint density at radius 3 is 2.78 bits per heavy atom. The highest BCUT2D eigenvalue weighted by molar-refractivity contribution is 5.82. The molecule has 1 aromatic carbocycles. The molecule has 0 spiro atoms. The number of pyridine rings is 1. The van der Waals surface area contributed by atoms with Crippen molar-refractivity contribution in [2.45, 2.75) is 38.5 Å². The van der Waals surface area contributed by atoms with E-state index in [1.54, 1.807) is 6.20 Å². The average molecular weight is 241 g/mol. The first-order valence-electron chi connectivity index (χ1n) is 6.87. The molecule has 0 radical (unpaired) electrons. The van der Waals surface area contributed by atoms with Crippen molar-refractivity contribution < 1.29 is 0 Å². The largest absolute Gasteiger partial charge is 0.329 e. The summed E-state index contributed by atoms with van der Waals surface area (Å²) in [5.41, 5.74) is 1.38. The maximum Gasteiger partial charge on any atom is 0.255 e. The van der Waals surface area contributed by atoms with E-state index in [0.717, 1.165) is 16.7 Å². The van der Waals surface area contributed by atoms with Crippen molar-refractivity contribution in [3.05, 3.63) is 46.4 Å². The first-order chi connectivity index (χ1) is 8.75. The Bertz CT molecular complexity index is 608. The zero-order chi connectivity index (χ0) is 12.5. The molecule has 3 rings (SSSR count). The van der Waals surface area contributed by atoms with Gasteiger partial charge in [0.05, 0.1) is 0 Å². The highest BCUT2D eigenvalue weighted by Crippen LogP contribution is 2.37. The Morgan fingerprint density at radius 2 is 2.00 bits per heavy atom. The smallest absolute Gasteiger partial charge is 0.255 e. The number of rotatable bonds is 2. The molecule has 1 aromatic heterocycles. The van der Waals surface area contributed by atoms with Gasteiger partial charge in [0.15, 0.2) is 0 Å². The van der Waals surface area contributed by atoms with Crippen LogP contribution in [-0.2, 0) is 0 Å². The maximum atomic E-state index is 11.7. The minimum absolute atomic E-state index is 0.00701. The Balaban J connectivity index is 2.00. The zero-order valence-corrected chi connectivity index (χ0v) is 10.8. The molecule has 1 atom stereocenters. The summed E-state index contributed by atoms with van der Waals surface area (Å²) in [6.07, 6.45) is 7.20. The van der Waals surface area contributed by atoms with Gasteiger partial charge >= 0.3 is 0 Å². The second-order valence-corrected chi connectivity index (χ2v) is 5.49. The van der Waals surface area contributed by atoms with Crippen molar-refractivity contribution in [1.29, 1.82) is 0 Å². The summed E-state index contributed by atoms with van der Waals surface area (Å²) in [6.45, 7) is 2.32. The molecular weight excluding hydrogens is 222 g/mol. The van der Waals surface area contributed by atoms with E-state index in [9.17, 15) is 4.79 Å². The lowest BCUT2D eigenvalue weighted by molar-refractivity contribution is 0.461. The van der Waals surface area contributed by atoms with Gasteiger partial charge in [-0.15, -0.1) is 0 Å². The fourth-order valence-electron chi connectivity index (χ4n) is 3.22. The molecule has 1 N–H and O–H groups in total. The van der Waals surface area contributed by atoms with Crippen LogP contribution in [0.3, 0.4) is 0 Å². The number of hydrogen-bond donors (Lipinski definition) is 1. The van der Waals surface area contributed by atoms with Crippen molar-refractivity contribution >= 4 is 10.8 Å². The second kappa shape index (κ2) is 4.60. The first-order valence-corrected chi connectivity index (χ1v) is 6.87. The van der Waals surface area contributed by atoms with E-state index >= 15 is 0 Å². The average Bonchev–Trinajstić information content (AvgIpc) is 2.91. The number of H-pyrrole nitrogens is 1. The first kappa shape index (κ1) is 11.5. The Kier molecular flexibility index (Phi) is 2.94. The number of benzene rings is 1. The Hall–Kier alpha value is -1.57. The number of aromatic nitrogens is 1. The summed E-state index contributed by atoms with van der Waals surface area (Å²) >= 11 is 0. The monoisotopic (exact) mass is 241 g/mol. The molecule has 1 saturated carbocycles. The van der Waals surface area contributed by atoms with Crippen molar-refractivity contribution in [3.8, 4) is 0 Å². The van der Waals surface area contributed by atoms with Gasteiger partial charge in [-0.25, -0.2) is 0 Å². The van der Waals surface area contributed by atoms with Crippen LogP contribution in [0, 0.1) is 5.92 Å². The van der Waals surface area contributed by atoms with E-state index in [1.165, 1.54) is 31.2 Å². The third-order valence-electron chi connectivity index (χ3n) is 4.43. The molecular formula is C16H19NO. The lowest BCUT2D eigenvalue weighted by Crippen LogP contribution is -2.08. The van der Waals surface area contributed by atoms with E-state index in [0.29, 0.717) is 5.92 Å². The van der Waals surface area contributed by atoms with E-state index < -0.39 is 0 Å². The van der Waals surface area contributed by atoms with Crippen LogP contribution >= 0.6 is 0 Å². The van der Waals surface area contributed by atoms with Crippen molar-refractivity contribution in [2.75, 3.05) is 0 Å². The standard InChI is InChI=1S/C16H19NO/c1-11(12-4-2-3-5-12)13-6-7-15-14(10-13)8-9-17-16(15)18/h6-12H,2-5H2,1H3,(H,17,18).